The minimum atomic E-state index is 0.612. The van der Waals surface area contributed by atoms with Crippen LogP contribution < -0.4 is 0 Å². The summed E-state index contributed by atoms with van der Waals surface area (Å²) in [4.78, 5) is 3.08. The van der Waals surface area contributed by atoms with Crippen molar-refractivity contribution in [1.82, 2.24) is 4.98 Å². The molecule has 1 heterocycles. The minimum absolute atomic E-state index is 0.612. The zero-order chi connectivity index (χ0) is 10.3. The van der Waals surface area contributed by atoms with Gasteiger partial charge < -0.3 is 4.98 Å². The summed E-state index contributed by atoms with van der Waals surface area (Å²) < 4.78 is 0. The number of aromatic nitrogens is 1. The van der Waals surface area contributed by atoms with Gasteiger partial charge in [-0.25, -0.2) is 0 Å². The SMILES string of the molecule is N#Cc1cc2c(ccc3ccccc32)[nH]1. The summed E-state index contributed by atoms with van der Waals surface area (Å²) in [5.41, 5.74) is 1.63. The quantitative estimate of drug-likeness (QED) is 0.583. The van der Waals surface area contributed by atoms with Crippen LogP contribution in [0.3, 0.4) is 0 Å². The first-order valence-electron chi connectivity index (χ1n) is 4.79. The molecule has 2 heteroatoms. The van der Waals surface area contributed by atoms with Crippen molar-refractivity contribution in [3.63, 3.8) is 0 Å². The molecular weight excluding hydrogens is 184 g/mol. The number of hydrogen-bond donors (Lipinski definition) is 1. The number of fused-ring (bicyclic) bond motifs is 3. The second kappa shape index (κ2) is 2.86. The van der Waals surface area contributed by atoms with Crippen LogP contribution in [0.1, 0.15) is 5.69 Å². The zero-order valence-corrected chi connectivity index (χ0v) is 7.99. The third-order valence-electron chi connectivity index (χ3n) is 2.65. The van der Waals surface area contributed by atoms with Crippen LogP contribution in [0, 0.1) is 11.3 Å². The van der Waals surface area contributed by atoms with Gasteiger partial charge in [0.15, 0.2) is 0 Å². The van der Waals surface area contributed by atoms with E-state index < -0.39 is 0 Å². The van der Waals surface area contributed by atoms with Crippen molar-refractivity contribution < 1.29 is 0 Å². The Kier molecular flexibility index (Phi) is 1.54. The van der Waals surface area contributed by atoms with E-state index in [1.807, 2.05) is 24.3 Å². The van der Waals surface area contributed by atoms with E-state index in [0.717, 1.165) is 10.9 Å². The lowest BCUT2D eigenvalue weighted by molar-refractivity contribution is 1.37. The lowest BCUT2D eigenvalue weighted by Crippen LogP contribution is -1.73. The number of benzene rings is 2. The first-order valence-corrected chi connectivity index (χ1v) is 4.79. The summed E-state index contributed by atoms with van der Waals surface area (Å²) in [6, 6.07) is 16.3. The Bertz CT molecular complexity index is 686. The molecule has 1 N–H and O–H groups in total. The Morgan fingerprint density at radius 1 is 1.00 bits per heavy atom. The van der Waals surface area contributed by atoms with E-state index in [1.54, 1.807) is 0 Å². The topological polar surface area (TPSA) is 39.6 Å². The van der Waals surface area contributed by atoms with Gasteiger partial charge in [0.25, 0.3) is 0 Å². The normalized spacial score (nSPS) is 10.6. The van der Waals surface area contributed by atoms with Crippen molar-refractivity contribution >= 4 is 21.7 Å². The highest BCUT2D eigenvalue weighted by Gasteiger charge is 2.03. The molecule has 0 fully saturated rings. The first-order chi connectivity index (χ1) is 7.38. The molecule has 0 aliphatic rings. The van der Waals surface area contributed by atoms with Crippen LogP contribution in [0.15, 0.2) is 42.5 Å². The van der Waals surface area contributed by atoms with Crippen LogP contribution in [-0.2, 0) is 0 Å². The number of nitriles is 1. The Morgan fingerprint density at radius 2 is 1.87 bits per heavy atom. The average molecular weight is 192 g/mol. The fraction of sp³-hybridized carbons (Fsp3) is 0. The zero-order valence-electron chi connectivity index (χ0n) is 7.99. The summed E-state index contributed by atoms with van der Waals surface area (Å²) in [6.07, 6.45) is 0. The van der Waals surface area contributed by atoms with Crippen LogP contribution in [-0.4, -0.2) is 4.98 Å². The lowest BCUT2D eigenvalue weighted by Gasteiger charge is -1.97. The highest BCUT2D eigenvalue weighted by molar-refractivity contribution is 6.06. The van der Waals surface area contributed by atoms with Gasteiger partial charge in [-0.05, 0) is 22.9 Å². The third-order valence-corrected chi connectivity index (χ3v) is 2.65. The molecule has 0 radical (unpaired) electrons. The molecule has 0 saturated carbocycles. The lowest BCUT2D eigenvalue weighted by atomic mass is 10.1. The maximum absolute atomic E-state index is 8.83. The van der Waals surface area contributed by atoms with E-state index in [0.29, 0.717) is 5.69 Å². The summed E-state index contributed by atoms with van der Waals surface area (Å²) in [6.45, 7) is 0. The molecule has 0 unspecified atom stereocenters. The van der Waals surface area contributed by atoms with E-state index in [2.05, 4.69) is 29.3 Å². The number of nitrogens with zero attached hydrogens (tertiary/aromatic N) is 1. The minimum Gasteiger partial charge on any atom is -0.346 e. The number of rotatable bonds is 0. The van der Waals surface area contributed by atoms with Crippen molar-refractivity contribution in [3.8, 4) is 6.07 Å². The summed E-state index contributed by atoms with van der Waals surface area (Å²) >= 11 is 0. The van der Waals surface area contributed by atoms with E-state index in [9.17, 15) is 0 Å². The predicted molar refractivity (Wildman–Crippen MR) is 60.5 cm³/mol. The summed E-state index contributed by atoms with van der Waals surface area (Å²) in [5.74, 6) is 0. The summed E-state index contributed by atoms with van der Waals surface area (Å²) in [7, 11) is 0. The number of hydrogen-bond acceptors (Lipinski definition) is 1. The first kappa shape index (κ1) is 8.07. The Labute approximate surface area is 86.8 Å². The molecule has 0 bridgehead atoms. The molecular formula is C13H8N2. The molecule has 0 spiro atoms. The molecule has 0 aliphatic carbocycles. The van der Waals surface area contributed by atoms with E-state index in [4.69, 9.17) is 5.26 Å². The molecule has 0 amide bonds. The van der Waals surface area contributed by atoms with Gasteiger partial charge in [0.1, 0.15) is 11.8 Å². The van der Waals surface area contributed by atoms with Crippen LogP contribution >= 0.6 is 0 Å². The molecule has 70 valence electrons. The fourth-order valence-electron chi connectivity index (χ4n) is 1.95. The molecule has 2 aromatic carbocycles. The average Bonchev–Trinajstić information content (AvgIpc) is 2.72. The molecule has 2 nitrogen and oxygen atoms in total. The van der Waals surface area contributed by atoms with Crippen LogP contribution in [0.25, 0.3) is 21.7 Å². The molecule has 0 aliphatic heterocycles. The molecule has 15 heavy (non-hydrogen) atoms. The van der Waals surface area contributed by atoms with E-state index in [1.165, 1.54) is 10.8 Å². The Hall–Kier alpha value is -2.27. The van der Waals surface area contributed by atoms with Crippen molar-refractivity contribution in [1.29, 1.82) is 5.26 Å². The molecule has 0 atom stereocenters. The Morgan fingerprint density at radius 3 is 2.73 bits per heavy atom. The van der Waals surface area contributed by atoms with Crippen LogP contribution in [0.4, 0.5) is 0 Å². The highest BCUT2D eigenvalue weighted by Crippen LogP contribution is 2.25. The fourth-order valence-corrected chi connectivity index (χ4v) is 1.95. The van der Waals surface area contributed by atoms with Crippen molar-refractivity contribution in [2.75, 3.05) is 0 Å². The smallest absolute Gasteiger partial charge is 0.118 e. The van der Waals surface area contributed by atoms with Gasteiger partial charge in [0.2, 0.25) is 0 Å². The second-order valence-corrected chi connectivity index (χ2v) is 3.54. The molecule has 3 rings (SSSR count). The van der Waals surface area contributed by atoms with Gasteiger partial charge in [-0.3, -0.25) is 0 Å². The largest absolute Gasteiger partial charge is 0.346 e. The van der Waals surface area contributed by atoms with Gasteiger partial charge in [-0.15, -0.1) is 0 Å². The van der Waals surface area contributed by atoms with Crippen molar-refractivity contribution in [2.45, 2.75) is 0 Å². The number of H-pyrrole nitrogens is 1. The number of nitrogens with one attached hydrogen (secondary N) is 1. The van der Waals surface area contributed by atoms with Gasteiger partial charge in [0, 0.05) is 10.9 Å². The van der Waals surface area contributed by atoms with E-state index >= 15 is 0 Å². The van der Waals surface area contributed by atoms with Gasteiger partial charge in [-0.1, -0.05) is 30.3 Å². The predicted octanol–water partition coefficient (Wildman–Crippen LogP) is 3.19. The standard InChI is InChI=1S/C13H8N2/c14-8-10-7-12-11-4-2-1-3-9(11)5-6-13(12)15-10/h1-7,15H. The number of aromatic amines is 1. The summed E-state index contributed by atoms with van der Waals surface area (Å²) in [5, 5.41) is 12.3. The second-order valence-electron chi connectivity index (χ2n) is 3.54. The van der Waals surface area contributed by atoms with E-state index in [-0.39, 0.29) is 0 Å². The third kappa shape index (κ3) is 1.10. The van der Waals surface area contributed by atoms with Crippen LogP contribution in [0.5, 0.6) is 0 Å². The maximum atomic E-state index is 8.83. The Balaban J connectivity index is 2.54. The van der Waals surface area contributed by atoms with Crippen molar-refractivity contribution in [2.24, 2.45) is 0 Å². The van der Waals surface area contributed by atoms with Gasteiger partial charge >= 0.3 is 0 Å². The highest BCUT2D eigenvalue weighted by atomic mass is 14.7. The molecule has 0 saturated heterocycles. The maximum Gasteiger partial charge on any atom is 0.118 e. The van der Waals surface area contributed by atoms with Gasteiger partial charge in [0.05, 0.1) is 0 Å². The van der Waals surface area contributed by atoms with Crippen molar-refractivity contribution in [3.05, 3.63) is 48.2 Å². The monoisotopic (exact) mass is 192 g/mol. The molecule has 1 aromatic heterocycles. The molecule has 3 aromatic rings. The van der Waals surface area contributed by atoms with Gasteiger partial charge in [-0.2, -0.15) is 5.26 Å². The van der Waals surface area contributed by atoms with Crippen LogP contribution in [0.2, 0.25) is 0 Å².